The average Bonchev–Trinajstić information content (AvgIpc) is 2.61. The predicted molar refractivity (Wildman–Crippen MR) is 83.6 cm³/mol. The van der Waals surface area contributed by atoms with Crippen molar-refractivity contribution in [3.63, 3.8) is 0 Å². The highest BCUT2D eigenvalue weighted by Crippen LogP contribution is 2.27. The first kappa shape index (κ1) is 14.1. The Bertz CT molecular complexity index is 640. The van der Waals surface area contributed by atoms with Crippen molar-refractivity contribution in [2.75, 3.05) is 0 Å². The van der Waals surface area contributed by atoms with Crippen molar-refractivity contribution in [3.8, 4) is 11.5 Å². The summed E-state index contributed by atoms with van der Waals surface area (Å²) in [4.78, 5) is 8.48. The highest BCUT2D eigenvalue weighted by molar-refractivity contribution is 5.39. The zero-order valence-corrected chi connectivity index (χ0v) is 12.1. The van der Waals surface area contributed by atoms with Crippen molar-refractivity contribution in [1.82, 2.24) is 9.97 Å². The van der Waals surface area contributed by atoms with E-state index in [1.54, 1.807) is 12.4 Å². The van der Waals surface area contributed by atoms with Crippen LogP contribution in [-0.2, 0) is 13.2 Å². The monoisotopic (exact) mass is 292 g/mol. The molecule has 0 amide bonds. The van der Waals surface area contributed by atoms with Crippen LogP contribution in [0, 0.1) is 0 Å². The summed E-state index contributed by atoms with van der Waals surface area (Å²) in [6, 6.07) is 19.1. The van der Waals surface area contributed by atoms with E-state index in [-0.39, 0.29) is 0 Å². The number of rotatable bonds is 6. The van der Waals surface area contributed by atoms with Crippen molar-refractivity contribution >= 4 is 0 Å². The Morgan fingerprint density at radius 3 is 1.45 bits per heavy atom. The lowest BCUT2D eigenvalue weighted by molar-refractivity contribution is 0.252. The molecular weight excluding hydrogens is 276 g/mol. The number of pyridine rings is 2. The minimum Gasteiger partial charge on any atom is -0.483 e. The van der Waals surface area contributed by atoms with Gasteiger partial charge in [-0.25, -0.2) is 0 Å². The standard InChI is InChI=1S/C18H16N2O2/c1-2-10-18(22-14-16-8-4-6-12-20-16)17(9-1)21-13-15-7-3-5-11-19-15/h1-12H,13-14H2. The van der Waals surface area contributed by atoms with Crippen LogP contribution in [0.5, 0.6) is 11.5 Å². The van der Waals surface area contributed by atoms with Gasteiger partial charge in [0, 0.05) is 12.4 Å². The van der Waals surface area contributed by atoms with Gasteiger partial charge in [0.2, 0.25) is 0 Å². The number of aromatic nitrogens is 2. The maximum absolute atomic E-state index is 5.80. The van der Waals surface area contributed by atoms with Gasteiger partial charge in [-0.3, -0.25) is 9.97 Å². The molecule has 0 atom stereocenters. The highest BCUT2D eigenvalue weighted by Gasteiger charge is 2.05. The fourth-order valence-corrected chi connectivity index (χ4v) is 1.96. The third kappa shape index (κ3) is 3.82. The minimum absolute atomic E-state index is 0.408. The molecule has 0 saturated carbocycles. The summed E-state index contributed by atoms with van der Waals surface area (Å²) in [5, 5.41) is 0. The van der Waals surface area contributed by atoms with Crippen LogP contribution in [0.25, 0.3) is 0 Å². The molecule has 110 valence electrons. The molecular formula is C18H16N2O2. The molecule has 3 aromatic rings. The SMILES string of the molecule is c1ccc(COc2ccccc2OCc2ccccn2)nc1. The zero-order valence-electron chi connectivity index (χ0n) is 12.1. The van der Waals surface area contributed by atoms with E-state index in [2.05, 4.69) is 9.97 Å². The normalized spacial score (nSPS) is 10.2. The zero-order chi connectivity index (χ0) is 15.0. The molecule has 22 heavy (non-hydrogen) atoms. The number of ether oxygens (including phenoxy) is 2. The number of hydrogen-bond acceptors (Lipinski definition) is 4. The Balaban J connectivity index is 1.65. The summed E-state index contributed by atoms with van der Waals surface area (Å²) < 4.78 is 11.6. The Labute approximate surface area is 129 Å². The topological polar surface area (TPSA) is 44.2 Å². The van der Waals surface area contributed by atoms with Crippen LogP contribution in [0.3, 0.4) is 0 Å². The highest BCUT2D eigenvalue weighted by atomic mass is 16.5. The number of para-hydroxylation sites is 2. The molecule has 0 bridgehead atoms. The lowest BCUT2D eigenvalue weighted by atomic mass is 10.3. The molecule has 2 aromatic heterocycles. The van der Waals surface area contributed by atoms with E-state index in [1.807, 2.05) is 60.7 Å². The van der Waals surface area contributed by atoms with Gasteiger partial charge in [-0.2, -0.15) is 0 Å². The molecule has 0 aliphatic rings. The van der Waals surface area contributed by atoms with Crippen LogP contribution in [0.15, 0.2) is 73.1 Å². The van der Waals surface area contributed by atoms with Crippen LogP contribution in [0.4, 0.5) is 0 Å². The third-order valence-corrected chi connectivity index (χ3v) is 3.05. The lowest BCUT2D eigenvalue weighted by Crippen LogP contribution is -2.02. The molecule has 0 spiro atoms. The van der Waals surface area contributed by atoms with Crippen LogP contribution >= 0.6 is 0 Å². The first-order chi connectivity index (χ1) is 10.9. The first-order valence-electron chi connectivity index (χ1n) is 7.06. The second kappa shape index (κ2) is 7.22. The van der Waals surface area contributed by atoms with Crippen LogP contribution < -0.4 is 9.47 Å². The summed E-state index contributed by atoms with van der Waals surface area (Å²) in [7, 11) is 0. The van der Waals surface area contributed by atoms with Gasteiger partial charge in [-0.05, 0) is 36.4 Å². The van der Waals surface area contributed by atoms with Gasteiger partial charge in [0.05, 0.1) is 11.4 Å². The lowest BCUT2D eigenvalue weighted by Gasteiger charge is -2.12. The van der Waals surface area contributed by atoms with Crippen molar-refractivity contribution in [2.45, 2.75) is 13.2 Å². The Morgan fingerprint density at radius 1 is 0.591 bits per heavy atom. The maximum Gasteiger partial charge on any atom is 0.161 e. The van der Waals surface area contributed by atoms with E-state index >= 15 is 0 Å². The molecule has 2 heterocycles. The van der Waals surface area contributed by atoms with E-state index in [1.165, 1.54) is 0 Å². The minimum atomic E-state index is 0.408. The van der Waals surface area contributed by atoms with Crippen molar-refractivity contribution < 1.29 is 9.47 Å². The molecule has 4 nitrogen and oxygen atoms in total. The molecule has 0 saturated heterocycles. The second-order valence-corrected chi connectivity index (χ2v) is 4.67. The average molecular weight is 292 g/mol. The summed E-state index contributed by atoms with van der Waals surface area (Å²) in [5.41, 5.74) is 1.75. The summed E-state index contributed by atoms with van der Waals surface area (Å²) in [6.07, 6.45) is 3.50. The van der Waals surface area contributed by atoms with Crippen molar-refractivity contribution in [3.05, 3.63) is 84.4 Å². The Kier molecular flexibility index (Phi) is 4.62. The Hall–Kier alpha value is -2.88. The molecule has 3 rings (SSSR count). The van der Waals surface area contributed by atoms with E-state index in [0.717, 1.165) is 11.4 Å². The van der Waals surface area contributed by atoms with Crippen LogP contribution in [-0.4, -0.2) is 9.97 Å². The quantitative estimate of drug-likeness (QED) is 0.696. The van der Waals surface area contributed by atoms with Gasteiger partial charge in [0.25, 0.3) is 0 Å². The predicted octanol–water partition coefficient (Wildman–Crippen LogP) is 3.63. The number of hydrogen-bond donors (Lipinski definition) is 0. The van der Waals surface area contributed by atoms with Gasteiger partial charge in [-0.15, -0.1) is 0 Å². The van der Waals surface area contributed by atoms with Gasteiger partial charge < -0.3 is 9.47 Å². The van der Waals surface area contributed by atoms with Crippen molar-refractivity contribution in [1.29, 1.82) is 0 Å². The molecule has 4 heteroatoms. The van der Waals surface area contributed by atoms with Crippen LogP contribution in [0.1, 0.15) is 11.4 Å². The van der Waals surface area contributed by atoms with Crippen molar-refractivity contribution in [2.24, 2.45) is 0 Å². The second-order valence-electron chi connectivity index (χ2n) is 4.67. The number of nitrogens with zero attached hydrogens (tertiary/aromatic N) is 2. The molecule has 0 aliphatic carbocycles. The van der Waals surface area contributed by atoms with E-state index < -0.39 is 0 Å². The largest absolute Gasteiger partial charge is 0.483 e. The van der Waals surface area contributed by atoms with Gasteiger partial charge >= 0.3 is 0 Å². The first-order valence-corrected chi connectivity index (χ1v) is 7.06. The molecule has 0 radical (unpaired) electrons. The molecule has 1 aromatic carbocycles. The molecule has 0 unspecified atom stereocenters. The third-order valence-electron chi connectivity index (χ3n) is 3.05. The molecule has 0 N–H and O–H groups in total. The number of benzene rings is 1. The molecule has 0 fully saturated rings. The van der Waals surface area contributed by atoms with Gasteiger partial charge in [0.1, 0.15) is 13.2 Å². The Morgan fingerprint density at radius 2 is 1.05 bits per heavy atom. The molecule has 0 aliphatic heterocycles. The van der Waals surface area contributed by atoms with E-state index in [9.17, 15) is 0 Å². The maximum atomic E-state index is 5.80. The van der Waals surface area contributed by atoms with E-state index in [0.29, 0.717) is 24.7 Å². The summed E-state index contributed by atoms with van der Waals surface area (Å²) in [6.45, 7) is 0.815. The fraction of sp³-hybridized carbons (Fsp3) is 0.111. The fourth-order valence-electron chi connectivity index (χ4n) is 1.96. The van der Waals surface area contributed by atoms with E-state index in [4.69, 9.17) is 9.47 Å². The van der Waals surface area contributed by atoms with Gasteiger partial charge in [0.15, 0.2) is 11.5 Å². The smallest absolute Gasteiger partial charge is 0.161 e. The van der Waals surface area contributed by atoms with Gasteiger partial charge in [-0.1, -0.05) is 24.3 Å². The summed E-state index contributed by atoms with van der Waals surface area (Å²) >= 11 is 0. The summed E-state index contributed by atoms with van der Waals surface area (Å²) in [5.74, 6) is 1.40. The van der Waals surface area contributed by atoms with Crippen LogP contribution in [0.2, 0.25) is 0 Å².